The Morgan fingerprint density at radius 2 is 1.93 bits per heavy atom. The van der Waals surface area contributed by atoms with Gasteiger partial charge >= 0.3 is 0 Å². The molecular formula is C21H20BrN3O3S2. The lowest BCUT2D eigenvalue weighted by molar-refractivity contribution is -0.121. The Morgan fingerprint density at radius 1 is 1.20 bits per heavy atom. The predicted molar refractivity (Wildman–Crippen MR) is 128 cm³/mol. The summed E-state index contributed by atoms with van der Waals surface area (Å²) in [4.78, 5) is 16.6. The van der Waals surface area contributed by atoms with Crippen molar-refractivity contribution < 1.29 is 14.3 Å². The van der Waals surface area contributed by atoms with E-state index in [4.69, 9.17) is 21.7 Å². The second kappa shape index (κ2) is 10.0. The second-order valence-corrected chi connectivity index (χ2v) is 8.62. The maximum absolute atomic E-state index is 12.1. The third kappa shape index (κ3) is 6.01. The maximum atomic E-state index is 12.1. The van der Waals surface area contributed by atoms with Gasteiger partial charge < -0.3 is 14.8 Å². The number of nitrogens with one attached hydrogen (secondary N) is 2. The van der Waals surface area contributed by atoms with E-state index in [-0.39, 0.29) is 17.6 Å². The molecule has 9 heteroatoms. The summed E-state index contributed by atoms with van der Waals surface area (Å²) in [6, 6.07) is 11.5. The molecule has 3 rings (SSSR count). The van der Waals surface area contributed by atoms with Crippen molar-refractivity contribution >= 4 is 55.6 Å². The first-order chi connectivity index (χ1) is 14.3. The van der Waals surface area contributed by atoms with Crippen LogP contribution in [0.4, 0.5) is 5.13 Å². The lowest BCUT2D eigenvalue weighted by Crippen LogP contribution is -2.37. The Bertz CT molecular complexity index is 1060. The molecule has 6 nitrogen and oxygen atoms in total. The molecule has 0 unspecified atom stereocenters. The Balaban J connectivity index is 1.53. The molecule has 0 fully saturated rings. The van der Waals surface area contributed by atoms with Crippen LogP contribution in [-0.4, -0.2) is 29.7 Å². The molecule has 1 aromatic heterocycles. The van der Waals surface area contributed by atoms with E-state index in [0.29, 0.717) is 10.9 Å². The van der Waals surface area contributed by atoms with Crippen LogP contribution in [0.25, 0.3) is 11.3 Å². The first kappa shape index (κ1) is 22.2. The van der Waals surface area contributed by atoms with E-state index >= 15 is 0 Å². The minimum atomic E-state index is -0.345. The lowest BCUT2D eigenvalue weighted by Gasteiger charge is -2.10. The average molecular weight is 506 g/mol. The summed E-state index contributed by atoms with van der Waals surface area (Å²) < 4.78 is 11.6. The van der Waals surface area contributed by atoms with Crippen LogP contribution in [0.2, 0.25) is 0 Å². The normalized spacial score (nSPS) is 10.4. The summed E-state index contributed by atoms with van der Waals surface area (Å²) in [6.45, 7) is 3.82. The number of ether oxygens (including phenoxy) is 2. The highest BCUT2D eigenvalue weighted by atomic mass is 79.9. The lowest BCUT2D eigenvalue weighted by atomic mass is 10.1. The molecule has 1 amide bonds. The van der Waals surface area contributed by atoms with Gasteiger partial charge in [-0.05, 0) is 83.5 Å². The fourth-order valence-corrected chi connectivity index (χ4v) is 4.29. The van der Waals surface area contributed by atoms with Gasteiger partial charge in [0.05, 0.1) is 17.3 Å². The Kier molecular flexibility index (Phi) is 7.41. The van der Waals surface area contributed by atoms with Crippen molar-refractivity contribution in [3.05, 3.63) is 57.4 Å². The topological polar surface area (TPSA) is 72.5 Å². The van der Waals surface area contributed by atoms with Gasteiger partial charge in [0.25, 0.3) is 5.91 Å². The molecule has 156 valence electrons. The number of methoxy groups -OCH3 is 1. The van der Waals surface area contributed by atoms with E-state index in [9.17, 15) is 4.79 Å². The number of carbonyl (C=O) groups is 1. The molecule has 0 saturated heterocycles. The number of carbonyl (C=O) groups excluding carboxylic acids is 1. The van der Waals surface area contributed by atoms with Crippen LogP contribution in [0, 0.1) is 13.8 Å². The van der Waals surface area contributed by atoms with Gasteiger partial charge in [0.1, 0.15) is 11.5 Å². The van der Waals surface area contributed by atoms with Crippen LogP contribution in [0.1, 0.15) is 11.1 Å². The van der Waals surface area contributed by atoms with Gasteiger partial charge in [0.15, 0.2) is 16.9 Å². The summed E-state index contributed by atoms with van der Waals surface area (Å²) in [5.74, 6) is 1.05. The number of benzene rings is 2. The SMILES string of the molecule is COc1ccc(-c2csc(NC(=S)NC(=O)COc3cc(C)cc(C)c3)n2)cc1Br. The molecule has 1 heterocycles. The Hall–Kier alpha value is -2.49. The number of hydrogen-bond donors (Lipinski definition) is 2. The van der Waals surface area contributed by atoms with Crippen molar-refractivity contribution in [2.24, 2.45) is 0 Å². The van der Waals surface area contributed by atoms with Gasteiger partial charge in [-0.25, -0.2) is 4.98 Å². The molecule has 2 aromatic carbocycles. The van der Waals surface area contributed by atoms with Gasteiger partial charge in [0, 0.05) is 10.9 Å². The van der Waals surface area contributed by atoms with Crippen LogP contribution < -0.4 is 20.1 Å². The largest absolute Gasteiger partial charge is 0.496 e. The first-order valence-electron chi connectivity index (χ1n) is 8.95. The average Bonchev–Trinajstić information content (AvgIpc) is 3.14. The number of anilines is 1. The minimum Gasteiger partial charge on any atom is -0.496 e. The molecule has 0 spiro atoms. The summed E-state index contributed by atoms with van der Waals surface area (Å²) in [7, 11) is 1.62. The highest BCUT2D eigenvalue weighted by Crippen LogP contribution is 2.32. The van der Waals surface area contributed by atoms with Crippen molar-refractivity contribution in [1.82, 2.24) is 10.3 Å². The van der Waals surface area contributed by atoms with Gasteiger partial charge in [-0.2, -0.15) is 0 Å². The molecule has 0 saturated carbocycles. The van der Waals surface area contributed by atoms with Crippen molar-refractivity contribution in [1.29, 1.82) is 0 Å². The zero-order valence-electron chi connectivity index (χ0n) is 16.6. The van der Waals surface area contributed by atoms with Crippen molar-refractivity contribution in [3.63, 3.8) is 0 Å². The maximum Gasteiger partial charge on any atom is 0.264 e. The number of halogens is 1. The fraction of sp³-hybridized carbons (Fsp3) is 0.190. The summed E-state index contributed by atoms with van der Waals surface area (Å²) in [5, 5.41) is 8.19. The first-order valence-corrected chi connectivity index (χ1v) is 11.0. The quantitative estimate of drug-likeness (QED) is 0.454. The van der Waals surface area contributed by atoms with Crippen molar-refractivity contribution in [2.45, 2.75) is 13.8 Å². The summed E-state index contributed by atoms with van der Waals surface area (Å²) in [5.41, 5.74) is 3.87. The number of hydrogen-bond acceptors (Lipinski definition) is 6. The number of aryl methyl sites for hydroxylation is 2. The molecule has 2 N–H and O–H groups in total. The molecule has 0 atom stereocenters. The van der Waals surface area contributed by atoms with Gasteiger partial charge in [0.2, 0.25) is 0 Å². The number of nitrogens with zero attached hydrogens (tertiary/aromatic N) is 1. The molecule has 0 aliphatic heterocycles. The smallest absolute Gasteiger partial charge is 0.264 e. The van der Waals surface area contributed by atoms with E-state index in [2.05, 4.69) is 31.5 Å². The van der Waals surface area contributed by atoms with Crippen LogP contribution >= 0.6 is 39.5 Å². The Labute approximate surface area is 192 Å². The van der Waals surface area contributed by atoms with E-state index in [1.165, 1.54) is 11.3 Å². The van der Waals surface area contributed by atoms with Gasteiger partial charge in [-0.1, -0.05) is 6.07 Å². The standard InChI is InChI=1S/C21H20BrN3O3S2/c1-12-6-13(2)8-15(7-12)28-10-19(26)24-20(29)25-21-23-17(11-30-21)14-4-5-18(27-3)16(22)9-14/h4-9,11H,10H2,1-3H3,(H2,23,24,25,26,29). The summed E-state index contributed by atoms with van der Waals surface area (Å²) >= 11 is 10.1. The summed E-state index contributed by atoms with van der Waals surface area (Å²) in [6.07, 6.45) is 0. The number of amides is 1. The van der Waals surface area contributed by atoms with Crippen molar-refractivity contribution in [3.8, 4) is 22.8 Å². The van der Waals surface area contributed by atoms with E-state index in [1.807, 2.05) is 55.6 Å². The van der Waals surface area contributed by atoms with Crippen LogP contribution in [0.15, 0.2) is 46.3 Å². The predicted octanol–water partition coefficient (Wildman–Crippen LogP) is 5.09. The fourth-order valence-electron chi connectivity index (χ4n) is 2.75. The molecule has 0 aliphatic rings. The minimum absolute atomic E-state index is 0.131. The zero-order valence-corrected chi connectivity index (χ0v) is 19.8. The van der Waals surface area contributed by atoms with Crippen LogP contribution in [-0.2, 0) is 4.79 Å². The van der Waals surface area contributed by atoms with Gasteiger partial charge in [-0.3, -0.25) is 10.1 Å². The highest BCUT2D eigenvalue weighted by molar-refractivity contribution is 9.10. The molecule has 0 bridgehead atoms. The monoisotopic (exact) mass is 505 g/mol. The number of rotatable bonds is 6. The molecule has 0 aliphatic carbocycles. The highest BCUT2D eigenvalue weighted by Gasteiger charge is 2.11. The third-order valence-corrected chi connectivity index (χ3v) is 5.57. The molecule has 0 radical (unpaired) electrons. The zero-order chi connectivity index (χ0) is 21.7. The second-order valence-electron chi connectivity index (χ2n) is 6.50. The van der Waals surface area contributed by atoms with E-state index < -0.39 is 0 Å². The van der Waals surface area contributed by atoms with Crippen LogP contribution in [0.5, 0.6) is 11.5 Å². The third-order valence-electron chi connectivity index (χ3n) is 3.99. The van der Waals surface area contributed by atoms with Crippen molar-refractivity contribution in [2.75, 3.05) is 19.0 Å². The molecule has 30 heavy (non-hydrogen) atoms. The number of thiocarbonyl (C=S) groups is 1. The molecular weight excluding hydrogens is 486 g/mol. The van der Waals surface area contributed by atoms with Crippen LogP contribution in [0.3, 0.4) is 0 Å². The Morgan fingerprint density at radius 3 is 2.60 bits per heavy atom. The number of aromatic nitrogens is 1. The van der Waals surface area contributed by atoms with E-state index in [0.717, 1.165) is 32.6 Å². The van der Waals surface area contributed by atoms with Gasteiger partial charge in [-0.15, -0.1) is 11.3 Å². The van der Waals surface area contributed by atoms with E-state index in [1.54, 1.807) is 7.11 Å². The number of thiazole rings is 1. The molecule has 3 aromatic rings.